The van der Waals surface area contributed by atoms with Gasteiger partial charge in [-0.2, -0.15) is 0 Å². The summed E-state index contributed by atoms with van der Waals surface area (Å²) in [6.07, 6.45) is -0.399. The maximum atomic E-state index is 11.5. The Bertz CT molecular complexity index is 479. The van der Waals surface area contributed by atoms with Crippen molar-refractivity contribution in [3.05, 3.63) is 23.3 Å². The molecular formula is C15H25N3O2. The second kappa shape index (κ2) is 6.50. The van der Waals surface area contributed by atoms with Gasteiger partial charge in [-0.25, -0.2) is 4.79 Å². The first-order valence-electron chi connectivity index (χ1n) is 6.76. The van der Waals surface area contributed by atoms with Crippen molar-refractivity contribution in [2.45, 2.75) is 40.2 Å². The highest BCUT2D eigenvalue weighted by atomic mass is 16.6. The molecule has 0 aliphatic rings. The van der Waals surface area contributed by atoms with Crippen LogP contribution in [0.3, 0.4) is 0 Å². The zero-order valence-electron chi connectivity index (χ0n) is 13.0. The minimum atomic E-state index is -0.470. The zero-order valence-corrected chi connectivity index (χ0v) is 13.0. The van der Waals surface area contributed by atoms with Crippen molar-refractivity contribution in [3.8, 4) is 0 Å². The van der Waals surface area contributed by atoms with Gasteiger partial charge >= 0.3 is 6.09 Å². The predicted molar refractivity (Wildman–Crippen MR) is 83.1 cm³/mol. The largest absolute Gasteiger partial charge is 0.444 e. The molecule has 0 atom stereocenters. The molecule has 0 aromatic heterocycles. The average Bonchev–Trinajstić information content (AvgIpc) is 2.28. The third kappa shape index (κ3) is 5.38. The Morgan fingerprint density at radius 2 is 1.85 bits per heavy atom. The Morgan fingerprint density at radius 1 is 1.20 bits per heavy atom. The second-order valence-corrected chi connectivity index (χ2v) is 5.88. The Labute approximate surface area is 120 Å². The van der Waals surface area contributed by atoms with Crippen LogP contribution in [-0.4, -0.2) is 24.8 Å². The number of hydrogen-bond acceptors (Lipinski definition) is 4. The summed E-state index contributed by atoms with van der Waals surface area (Å²) < 4.78 is 5.15. The molecule has 0 aliphatic carbocycles. The first-order chi connectivity index (χ1) is 9.19. The molecule has 5 heteroatoms. The van der Waals surface area contributed by atoms with Crippen LogP contribution in [0.5, 0.6) is 0 Å². The van der Waals surface area contributed by atoms with Gasteiger partial charge in [-0.3, -0.25) is 0 Å². The van der Waals surface area contributed by atoms with Crippen LogP contribution in [0.25, 0.3) is 0 Å². The number of carbonyl (C=O) groups excluding carboxylic acids is 1. The fourth-order valence-electron chi connectivity index (χ4n) is 1.70. The van der Waals surface area contributed by atoms with Crippen molar-refractivity contribution in [2.75, 3.05) is 24.1 Å². The molecule has 0 saturated heterocycles. The van der Waals surface area contributed by atoms with E-state index in [1.54, 1.807) is 0 Å². The van der Waals surface area contributed by atoms with E-state index in [1.807, 2.05) is 46.8 Å². The number of hydrogen-bond donors (Lipinski definition) is 3. The van der Waals surface area contributed by atoms with Crippen molar-refractivity contribution < 1.29 is 9.53 Å². The smallest absolute Gasteiger partial charge is 0.407 e. The third-order valence-corrected chi connectivity index (χ3v) is 2.72. The maximum absolute atomic E-state index is 11.5. The monoisotopic (exact) mass is 279 g/mol. The van der Waals surface area contributed by atoms with E-state index in [0.29, 0.717) is 13.1 Å². The van der Waals surface area contributed by atoms with Gasteiger partial charge in [-0.05, 0) is 57.9 Å². The molecule has 112 valence electrons. The summed E-state index contributed by atoms with van der Waals surface area (Å²) in [4.78, 5) is 11.5. The lowest BCUT2D eigenvalue weighted by Crippen LogP contribution is -2.35. The molecule has 1 rings (SSSR count). The second-order valence-electron chi connectivity index (χ2n) is 5.88. The molecule has 0 fully saturated rings. The lowest BCUT2D eigenvalue weighted by molar-refractivity contribution is 0.0530. The molecule has 0 unspecified atom stereocenters. The normalized spacial score (nSPS) is 11.1. The molecule has 0 spiro atoms. The Hall–Kier alpha value is -1.91. The van der Waals surface area contributed by atoms with Crippen LogP contribution in [0.4, 0.5) is 16.2 Å². The number of ether oxygens (including phenoxy) is 1. The minimum Gasteiger partial charge on any atom is -0.444 e. The number of benzene rings is 1. The van der Waals surface area contributed by atoms with Crippen LogP contribution in [0.1, 0.15) is 31.9 Å². The molecule has 1 aromatic rings. The van der Waals surface area contributed by atoms with Crippen molar-refractivity contribution in [1.82, 2.24) is 5.32 Å². The highest BCUT2D eigenvalue weighted by Crippen LogP contribution is 2.21. The number of alkyl carbamates (subject to hydrolysis) is 1. The first-order valence-corrected chi connectivity index (χ1v) is 6.76. The SMILES string of the molecule is Cc1cc(NCCNC(=O)OC(C)(C)C)c(C)cc1N. The van der Waals surface area contributed by atoms with Gasteiger partial charge in [-0.1, -0.05) is 0 Å². The molecule has 0 bridgehead atoms. The van der Waals surface area contributed by atoms with E-state index < -0.39 is 11.7 Å². The Kier molecular flexibility index (Phi) is 5.25. The summed E-state index contributed by atoms with van der Waals surface area (Å²) in [5, 5.41) is 5.98. The highest BCUT2D eigenvalue weighted by Gasteiger charge is 2.15. The molecule has 1 amide bonds. The van der Waals surface area contributed by atoms with Crippen LogP contribution in [0.15, 0.2) is 12.1 Å². The lowest BCUT2D eigenvalue weighted by atomic mass is 10.1. The molecule has 20 heavy (non-hydrogen) atoms. The number of amides is 1. The van der Waals surface area contributed by atoms with E-state index in [2.05, 4.69) is 10.6 Å². The number of anilines is 2. The molecule has 0 saturated carbocycles. The summed E-state index contributed by atoms with van der Waals surface area (Å²) >= 11 is 0. The van der Waals surface area contributed by atoms with Gasteiger partial charge < -0.3 is 21.1 Å². The molecule has 0 radical (unpaired) electrons. The fraction of sp³-hybridized carbons (Fsp3) is 0.533. The topological polar surface area (TPSA) is 76.4 Å². The third-order valence-electron chi connectivity index (χ3n) is 2.72. The van der Waals surface area contributed by atoms with Crippen LogP contribution < -0.4 is 16.4 Å². The number of aryl methyl sites for hydroxylation is 2. The minimum absolute atomic E-state index is 0.399. The number of nitrogen functional groups attached to an aromatic ring is 1. The molecule has 4 N–H and O–H groups in total. The van der Waals surface area contributed by atoms with E-state index in [0.717, 1.165) is 22.5 Å². The van der Waals surface area contributed by atoms with Gasteiger partial charge in [0.25, 0.3) is 0 Å². The van der Waals surface area contributed by atoms with E-state index in [-0.39, 0.29) is 0 Å². The van der Waals surface area contributed by atoms with Gasteiger partial charge in [-0.15, -0.1) is 0 Å². The van der Waals surface area contributed by atoms with E-state index in [9.17, 15) is 4.79 Å². The number of nitrogens with two attached hydrogens (primary N) is 1. The predicted octanol–water partition coefficient (Wildman–Crippen LogP) is 2.82. The van der Waals surface area contributed by atoms with E-state index in [1.165, 1.54) is 0 Å². The summed E-state index contributed by atoms with van der Waals surface area (Å²) in [5.41, 5.74) is 9.32. The van der Waals surface area contributed by atoms with Gasteiger partial charge in [0.05, 0.1) is 0 Å². The van der Waals surface area contributed by atoms with Crippen LogP contribution in [0, 0.1) is 13.8 Å². The van der Waals surface area contributed by atoms with Crippen molar-refractivity contribution >= 4 is 17.5 Å². The molecule has 0 aliphatic heterocycles. The van der Waals surface area contributed by atoms with Crippen LogP contribution >= 0.6 is 0 Å². The number of rotatable bonds is 4. The molecule has 1 aromatic carbocycles. The average molecular weight is 279 g/mol. The number of carbonyl (C=O) groups is 1. The van der Waals surface area contributed by atoms with Gasteiger partial charge in [0.1, 0.15) is 5.60 Å². The van der Waals surface area contributed by atoms with Gasteiger partial charge in [0.2, 0.25) is 0 Å². The first kappa shape index (κ1) is 16.1. The Balaban J connectivity index is 2.38. The summed E-state index contributed by atoms with van der Waals surface area (Å²) in [7, 11) is 0. The Morgan fingerprint density at radius 3 is 2.45 bits per heavy atom. The molecular weight excluding hydrogens is 254 g/mol. The van der Waals surface area contributed by atoms with Gasteiger partial charge in [0.15, 0.2) is 0 Å². The maximum Gasteiger partial charge on any atom is 0.407 e. The van der Waals surface area contributed by atoms with E-state index >= 15 is 0 Å². The summed E-state index contributed by atoms with van der Waals surface area (Å²) in [5.74, 6) is 0. The van der Waals surface area contributed by atoms with Crippen LogP contribution in [0.2, 0.25) is 0 Å². The van der Waals surface area contributed by atoms with Crippen LogP contribution in [-0.2, 0) is 4.74 Å². The molecule has 0 heterocycles. The molecule has 5 nitrogen and oxygen atoms in total. The van der Waals surface area contributed by atoms with Gasteiger partial charge in [0, 0.05) is 24.5 Å². The standard InChI is InChI=1S/C15H25N3O2/c1-10-9-13(11(2)8-12(10)16)17-6-7-18-14(19)20-15(3,4)5/h8-9,17H,6-7,16H2,1-5H3,(H,18,19). The van der Waals surface area contributed by atoms with Crippen molar-refractivity contribution in [2.24, 2.45) is 0 Å². The number of nitrogens with one attached hydrogen (secondary N) is 2. The summed E-state index contributed by atoms with van der Waals surface area (Å²) in [6, 6.07) is 3.96. The van der Waals surface area contributed by atoms with Crippen molar-refractivity contribution in [1.29, 1.82) is 0 Å². The highest BCUT2D eigenvalue weighted by molar-refractivity contribution is 5.67. The lowest BCUT2D eigenvalue weighted by Gasteiger charge is -2.20. The van der Waals surface area contributed by atoms with Crippen molar-refractivity contribution in [3.63, 3.8) is 0 Å². The van der Waals surface area contributed by atoms with E-state index in [4.69, 9.17) is 10.5 Å². The summed E-state index contributed by atoms with van der Waals surface area (Å²) in [6.45, 7) is 10.6. The zero-order chi connectivity index (χ0) is 15.3. The fourth-order valence-corrected chi connectivity index (χ4v) is 1.70. The quantitative estimate of drug-likeness (QED) is 0.585.